The lowest BCUT2D eigenvalue weighted by Crippen LogP contribution is -2.10. The van der Waals surface area contributed by atoms with Gasteiger partial charge in [-0.3, -0.25) is 0 Å². The lowest BCUT2D eigenvalue weighted by atomic mass is 10.0. The minimum absolute atomic E-state index is 0.289. The van der Waals surface area contributed by atoms with Gasteiger partial charge < -0.3 is 10.1 Å². The second-order valence-corrected chi connectivity index (χ2v) is 5.65. The van der Waals surface area contributed by atoms with Gasteiger partial charge in [0, 0.05) is 24.6 Å². The van der Waals surface area contributed by atoms with Crippen LogP contribution in [0.3, 0.4) is 0 Å². The van der Waals surface area contributed by atoms with E-state index in [0.717, 1.165) is 48.1 Å². The van der Waals surface area contributed by atoms with Crippen molar-refractivity contribution < 1.29 is 4.74 Å². The quantitative estimate of drug-likeness (QED) is 0.934. The number of anilines is 1. The molecule has 1 N–H and O–H groups in total. The second-order valence-electron chi connectivity index (χ2n) is 5.65. The summed E-state index contributed by atoms with van der Waals surface area (Å²) in [6, 6.07) is 8.29. The van der Waals surface area contributed by atoms with Crippen LogP contribution in [0, 0.1) is 0 Å². The van der Waals surface area contributed by atoms with Crippen molar-refractivity contribution in [2.75, 3.05) is 19.0 Å². The molecule has 0 spiro atoms. The Morgan fingerprint density at radius 3 is 2.86 bits per heavy atom. The number of fused-ring (bicyclic) bond motifs is 1. The SMILES string of the molecule is CNc1cc(-c2cccc3c2OCCC3)nc(C(C)C)n1. The summed E-state index contributed by atoms with van der Waals surface area (Å²) in [4.78, 5) is 9.25. The molecule has 2 heterocycles. The van der Waals surface area contributed by atoms with Crippen LogP contribution in [-0.4, -0.2) is 23.6 Å². The van der Waals surface area contributed by atoms with Gasteiger partial charge in [-0.15, -0.1) is 0 Å². The molecule has 0 radical (unpaired) electrons. The van der Waals surface area contributed by atoms with E-state index < -0.39 is 0 Å². The second kappa shape index (κ2) is 5.72. The van der Waals surface area contributed by atoms with Gasteiger partial charge in [-0.25, -0.2) is 9.97 Å². The van der Waals surface area contributed by atoms with Crippen molar-refractivity contribution in [1.82, 2.24) is 9.97 Å². The van der Waals surface area contributed by atoms with E-state index >= 15 is 0 Å². The number of aromatic nitrogens is 2. The number of hydrogen-bond acceptors (Lipinski definition) is 4. The summed E-state index contributed by atoms with van der Waals surface area (Å²) in [7, 11) is 1.88. The van der Waals surface area contributed by atoms with E-state index in [-0.39, 0.29) is 5.92 Å². The standard InChI is InChI=1S/C17H21N3O/c1-11(2)17-19-14(10-15(18-3)20-17)13-8-4-6-12-7-5-9-21-16(12)13/h4,6,8,10-11H,5,7,9H2,1-3H3,(H,18,19,20). The van der Waals surface area contributed by atoms with Crippen LogP contribution in [-0.2, 0) is 6.42 Å². The predicted molar refractivity (Wildman–Crippen MR) is 84.9 cm³/mol. The zero-order valence-electron chi connectivity index (χ0n) is 12.8. The van der Waals surface area contributed by atoms with Crippen LogP contribution in [0.2, 0.25) is 0 Å². The Morgan fingerprint density at radius 2 is 2.10 bits per heavy atom. The van der Waals surface area contributed by atoms with Crippen molar-refractivity contribution >= 4 is 5.82 Å². The maximum Gasteiger partial charge on any atom is 0.133 e. The first-order valence-electron chi connectivity index (χ1n) is 7.51. The molecule has 0 fully saturated rings. The van der Waals surface area contributed by atoms with Crippen LogP contribution >= 0.6 is 0 Å². The Morgan fingerprint density at radius 1 is 1.24 bits per heavy atom. The molecule has 2 aromatic rings. The van der Waals surface area contributed by atoms with Crippen LogP contribution in [0.4, 0.5) is 5.82 Å². The number of ether oxygens (including phenoxy) is 1. The number of nitrogens with one attached hydrogen (secondary N) is 1. The Kier molecular flexibility index (Phi) is 3.78. The molecule has 4 nitrogen and oxygen atoms in total. The van der Waals surface area contributed by atoms with Crippen molar-refractivity contribution in [2.24, 2.45) is 0 Å². The van der Waals surface area contributed by atoms with Gasteiger partial charge >= 0.3 is 0 Å². The van der Waals surface area contributed by atoms with Gasteiger partial charge in [0.1, 0.15) is 17.4 Å². The van der Waals surface area contributed by atoms with E-state index in [2.05, 4.69) is 42.3 Å². The number of para-hydroxylation sites is 1. The van der Waals surface area contributed by atoms with Gasteiger partial charge in [0.05, 0.1) is 12.3 Å². The summed E-state index contributed by atoms with van der Waals surface area (Å²) in [5.74, 6) is 2.97. The number of hydrogen-bond donors (Lipinski definition) is 1. The molecule has 0 atom stereocenters. The minimum Gasteiger partial charge on any atom is -0.493 e. The van der Waals surface area contributed by atoms with Crippen LogP contribution < -0.4 is 10.1 Å². The summed E-state index contributed by atoms with van der Waals surface area (Å²) in [6.45, 7) is 5.00. The van der Waals surface area contributed by atoms with Crippen molar-refractivity contribution in [3.05, 3.63) is 35.7 Å². The first-order valence-corrected chi connectivity index (χ1v) is 7.51. The van der Waals surface area contributed by atoms with Gasteiger partial charge in [0.25, 0.3) is 0 Å². The highest BCUT2D eigenvalue weighted by Gasteiger charge is 2.18. The third kappa shape index (κ3) is 2.71. The van der Waals surface area contributed by atoms with Gasteiger partial charge in [-0.1, -0.05) is 26.0 Å². The van der Waals surface area contributed by atoms with E-state index in [4.69, 9.17) is 9.72 Å². The predicted octanol–water partition coefficient (Wildman–Crippen LogP) is 3.63. The number of nitrogens with zero attached hydrogens (tertiary/aromatic N) is 2. The summed E-state index contributed by atoms with van der Waals surface area (Å²) in [5, 5.41) is 3.12. The van der Waals surface area contributed by atoms with Crippen molar-refractivity contribution in [3.63, 3.8) is 0 Å². The first-order chi connectivity index (χ1) is 10.2. The maximum absolute atomic E-state index is 5.90. The monoisotopic (exact) mass is 283 g/mol. The molecular formula is C17H21N3O. The molecule has 4 heteroatoms. The third-order valence-corrected chi connectivity index (χ3v) is 3.73. The fourth-order valence-corrected chi connectivity index (χ4v) is 2.58. The number of aryl methyl sites for hydroxylation is 1. The van der Waals surface area contributed by atoms with Crippen molar-refractivity contribution in [2.45, 2.75) is 32.6 Å². The lowest BCUT2D eigenvalue weighted by Gasteiger charge is -2.20. The summed E-state index contributed by atoms with van der Waals surface area (Å²) in [6.07, 6.45) is 2.16. The Balaban J connectivity index is 2.14. The van der Waals surface area contributed by atoms with Crippen LogP contribution in [0.25, 0.3) is 11.3 Å². The Bertz CT molecular complexity index is 652. The Labute approximate surface area is 125 Å². The molecule has 0 amide bonds. The highest BCUT2D eigenvalue weighted by Crippen LogP contribution is 2.36. The summed E-state index contributed by atoms with van der Waals surface area (Å²) < 4.78 is 5.90. The van der Waals surface area contributed by atoms with Gasteiger partial charge in [-0.05, 0) is 24.5 Å². The van der Waals surface area contributed by atoms with Gasteiger partial charge in [0.15, 0.2) is 0 Å². The zero-order valence-corrected chi connectivity index (χ0v) is 12.8. The first kappa shape index (κ1) is 13.9. The van der Waals surface area contributed by atoms with Crippen LogP contribution in [0.15, 0.2) is 24.3 Å². The summed E-state index contributed by atoms with van der Waals surface area (Å²) in [5.41, 5.74) is 3.26. The molecule has 1 aliphatic rings. The van der Waals surface area contributed by atoms with E-state index in [1.54, 1.807) is 0 Å². The smallest absolute Gasteiger partial charge is 0.133 e. The highest BCUT2D eigenvalue weighted by molar-refractivity contribution is 5.71. The third-order valence-electron chi connectivity index (χ3n) is 3.73. The average Bonchev–Trinajstić information content (AvgIpc) is 2.53. The van der Waals surface area contributed by atoms with Crippen molar-refractivity contribution in [1.29, 1.82) is 0 Å². The molecule has 0 saturated carbocycles. The van der Waals surface area contributed by atoms with Crippen molar-refractivity contribution in [3.8, 4) is 17.0 Å². The largest absolute Gasteiger partial charge is 0.493 e. The molecule has 3 rings (SSSR count). The normalized spacial score (nSPS) is 13.7. The van der Waals surface area contributed by atoms with E-state index in [0.29, 0.717) is 0 Å². The van der Waals surface area contributed by atoms with E-state index in [1.165, 1.54) is 5.56 Å². The number of rotatable bonds is 3. The zero-order chi connectivity index (χ0) is 14.8. The fraction of sp³-hybridized carbons (Fsp3) is 0.412. The Hall–Kier alpha value is -2.10. The molecular weight excluding hydrogens is 262 g/mol. The number of benzene rings is 1. The summed E-state index contributed by atoms with van der Waals surface area (Å²) >= 11 is 0. The van der Waals surface area contributed by atoms with E-state index in [9.17, 15) is 0 Å². The molecule has 110 valence electrons. The highest BCUT2D eigenvalue weighted by atomic mass is 16.5. The van der Waals surface area contributed by atoms with Gasteiger partial charge in [-0.2, -0.15) is 0 Å². The van der Waals surface area contributed by atoms with Crippen LogP contribution in [0.1, 0.15) is 37.6 Å². The van der Waals surface area contributed by atoms with Crippen LogP contribution in [0.5, 0.6) is 5.75 Å². The average molecular weight is 283 g/mol. The molecule has 1 aromatic heterocycles. The molecule has 1 aromatic carbocycles. The fourth-order valence-electron chi connectivity index (χ4n) is 2.58. The molecule has 0 saturated heterocycles. The van der Waals surface area contributed by atoms with Gasteiger partial charge in [0.2, 0.25) is 0 Å². The molecule has 0 unspecified atom stereocenters. The molecule has 21 heavy (non-hydrogen) atoms. The lowest BCUT2D eigenvalue weighted by molar-refractivity contribution is 0.289. The molecule has 1 aliphatic heterocycles. The molecule has 0 aliphatic carbocycles. The maximum atomic E-state index is 5.90. The van der Waals surface area contributed by atoms with E-state index in [1.807, 2.05) is 13.1 Å². The molecule has 0 bridgehead atoms. The minimum atomic E-state index is 0.289. The topological polar surface area (TPSA) is 47.0 Å².